The van der Waals surface area contributed by atoms with Gasteiger partial charge < -0.3 is 11.1 Å². The highest BCUT2D eigenvalue weighted by Crippen LogP contribution is 2.34. The Labute approximate surface area is 85.5 Å². The predicted molar refractivity (Wildman–Crippen MR) is 60.5 cm³/mol. The van der Waals surface area contributed by atoms with Gasteiger partial charge in [0.2, 0.25) is 0 Å². The Morgan fingerprint density at radius 1 is 1.36 bits per heavy atom. The third-order valence-corrected chi connectivity index (χ3v) is 2.91. The Bertz CT molecular complexity index is 358. The first-order chi connectivity index (χ1) is 6.58. The Balaban J connectivity index is 2.53. The number of rotatable bonds is 0. The van der Waals surface area contributed by atoms with E-state index in [1.807, 2.05) is 0 Å². The molecule has 0 amide bonds. The number of hydrogen-bond acceptors (Lipinski definition) is 2. The fourth-order valence-corrected chi connectivity index (χ4v) is 2.41. The summed E-state index contributed by atoms with van der Waals surface area (Å²) in [4.78, 5) is 0. The molecule has 1 heterocycles. The van der Waals surface area contributed by atoms with Crippen LogP contribution in [0.1, 0.15) is 36.1 Å². The van der Waals surface area contributed by atoms with Crippen molar-refractivity contribution in [2.24, 2.45) is 5.73 Å². The molecule has 2 nitrogen and oxygen atoms in total. The number of aryl methyl sites for hydroxylation is 2. The van der Waals surface area contributed by atoms with E-state index in [0.717, 1.165) is 6.42 Å². The number of anilines is 1. The molecule has 1 aliphatic rings. The predicted octanol–water partition coefficient (Wildman–Crippen LogP) is 2.51. The molecule has 0 fully saturated rings. The zero-order chi connectivity index (χ0) is 10.3. The van der Waals surface area contributed by atoms with Crippen molar-refractivity contribution in [2.45, 2.75) is 39.3 Å². The van der Waals surface area contributed by atoms with Gasteiger partial charge >= 0.3 is 0 Å². The molecule has 2 atom stereocenters. The minimum atomic E-state index is 0.196. The zero-order valence-corrected chi connectivity index (χ0v) is 9.09. The second-order valence-electron chi connectivity index (χ2n) is 4.43. The maximum Gasteiger partial charge on any atom is 0.0396 e. The van der Waals surface area contributed by atoms with E-state index >= 15 is 0 Å². The topological polar surface area (TPSA) is 38.0 Å². The summed E-state index contributed by atoms with van der Waals surface area (Å²) in [6.07, 6.45) is 1.02. The monoisotopic (exact) mass is 190 g/mol. The fourth-order valence-electron chi connectivity index (χ4n) is 2.41. The van der Waals surface area contributed by atoms with Gasteiger partial charge in [0.1, 0.15) is 0 Å². The van der Waals surface area contributed by atoms with E-state index < -0.39 is 0 Å². The summed E-state index contributed by atoms with van der Waals surface area (Å²) in [5.41, 5.74) is 11.3. The summed E-state index contributed by atoms with van der Waals surface area (Å²) >= 11 is 0. The average molecular weight is 190 g/mol. The van der Waals surface area contributed by atoms with Crippen molar-refractivity contribution in [3.63, 3.8) is 0 Å². The molecule has 1 aromatic carbocycles. The van der Waals surface area contributed by atoms with Gasteiger partial charge in [0.25, 0.3) is 0 Å². The van der Waals surface area contributed by atoms with E-state index in [-0.39, 0.29) is 6.04 Å². The average Bonchev–Trinajstić information content (AvgIpc) is 1.99. The van der Waals surface area contributed by atoms with Crippen LogP contribution in [0.2, 0.25) is 0 Å². The van der Waals surface area contributed by atoms with E-state index in [0.29, 0.717) is 6.04 Å². The van der Waals surface area contributed by atoms with E-state index in [9.17, 15) is 0 Å². The summed E-state index contributed by atoms with van der Waals surface area (Å²) in [6, 6.07) is 5.08. The highest BCUT2D eigenvalue weighted by atomic mass is 14.9. The Kier molecular flexibility index (Phi) is 2.23. The molecule has 1 aliphatic heterocycles. The molecule has 14 heavy (non-hydrogen) atoms. The SMILES string of the molecule is Cc1cc(C)c2c(c1)NC(C)CC2N. The van der Waals surface area contributed by atoms with Crippen LogP contribution < -0.4 is 11.1 Å². The molecule has 0 bridgehead atoms. The first-order valence-electron chi connectivity index (χ1n) is 5.21. The first-order valence-corrected chi connectivity index (χ1v) is 5.21. The molecule has 2 heteroatoms. The summed E-state index contributed by atoms with van der Waals surface area (Å²) < 4.78 is 0. The minimum Gasteiger partial charge on any atom is -0.382 e. The molecule has 0 aromatic heterocycles. The first kappa shape index (κ1) is 9.53. The molecule has 0 spiro atoms. The zero-order valence-electron chi connectivity index (χ0n) is 9.09. The molecule has 1 aromatic rings. The third kappa shape index (κ3) is 1.50. The number of hydrogen-bond donors (Lipinski definition) is 2. The van der Waals surface area contributed by atoms with Gasteiger partial charge in [0, 0.05) is 17.8 Å². The maximum atomic E-state index is 6.15. The standard InChI is InChI=1S/C12H18N2/c1-7-4-8(2)12-10(13)6-9(3)14-11(12)5-7/h4-5,9-10,14H,6,13H2,1-3H3. The molecule has 0 aliphatic carbocycles. The van der Waals surface area contributed by atoms with Gasteiger partial charge in [-0.05, 0) is 49.9 Å². The number of fused-ring (bicyclic) bond motifs is 1. The molecular weight excluding hydrogens is 172 g/mol. The van der Waals surface area contributed by atoms with E-state index in [1.54, 1.807) is 0 Å². The van der Waals surface area contributed by atoms with Crippen molar-refractivity contribution in [1.82, 2.24) is 0 Å². The van der Waals surface area contributed by atoms with Gasteiger partial charge in [-0.2, -0.15) is 0 Å². The molecule has 0 radical (unpaired) electrons. The maximum absolute atomic E-state index is 6.15. The quantitative estimate of drug-likeness (QED) is 0.659. The highest BCUT2D eigenvalue weighted by Gasteiger charge is 2.22. The van der Waals surface area contributed by atoms with Crippen LogP contribution in [0.3, 0.4) is 0 Å². The molecule has 3 N–H and O–H groups in total. The largest absolute Gasteiger partial charge is 0.382 e. The number of nitrogens with two attached hydrogens (primary N) is 1. The van der Waals surface area contributed by atoms with Crippen LogP contribution in [0, 0.1) is 13.8 Å². The van der Waals surface area contributed by atoms with Crippen LogP contribution in [0.15, 0.2) is 12.1 Å². The lowest BCUT2D eigenvalue weighted by molar-refractivity contribution is 0.568. The van der Waals surface area contributed by atoms with Crippen molar-refractivity contribution in [3.8, 4) is 0 Å². The Morgan fingerprint density at radius 3 is 2.79 bits per heavy atom. The lowest BCUT2D eigenvalue weighted by atomic mass is 9.90. The molecule has 0 saturated carbocycles. The molecule has 2 rings (SSSR count). The summed E-state index contributed by atoms with van der Waals surface area (Å²) in [7, 11) is 0. The smallest absolute Gasteiger partial charge is 0.0396 e. The second-order valence-corrected chi connectivity index (χ2v) is 4.43. The van der Waals surface area contributed by atoms with E-state index in [2.05, 4.69) is 38.2 Å². The number of nitrogens with one attached hydrogen (secondary N) is 1. The normalized spacial score (nSPS) is 25.4. The van der Waals surface area contributed by atoms with Gasteiger partial charge in [-0.25, -0.2) is 0 Å². The van der Waals surface area contributed by atoms with Gasteiger partial charge in [0.05, 0.1) is 0 Å². The van der Waals surface area contributed by atoms with E-state index in [1.165, 1.54) is 22.4 Å². The molecule has 0 saturated heterocycles. The van der Waals surface area contributed by atoms with Crippen molar-refractivity contribution < 1.29 is 0 Å². The summed E-state index contributed by atoms with van der Waals surface area (Å²) in [6.45, 7) is 6.45. The Hall–Kier alpha value is -1.02. The lowest BCUT2D eigenvalue weighted by Gasteiger charge is -2.30. The van der Waals surface area contributed by atoms with E-state index in [4.69, 9.17) is 5.73 Å². The van der Waals surface area contributed by atoms with Crippen molar-refractivity contribution >= 4 is 5.69 Å². The van der Waals surface area contributed by atoms with Gasteiger partial charge in [-0.1, -0.05) is 6.07 Å². The highest BCUT2D eigenvalue weighted by molar-refractivity contribution is 5.60. The van der Waals surface area contributed by atoms with Crippen LogP contribution in [-0.2, 0) is 0 Å². The van der Waals surface area contributed by atoms with Crippen LogP contribution in [0.4, 0.5) is 5.69 Å². The fraction of sp³-hybridized carbons (Fsp3) is 0.500. The minimum absolute atomic E-state index is 0.196. The van der Waals surface area contributed by atoms with Crippen molar-refractivity contribution in [1.29, 1.82) is 0 Å². The van der Waals surface area contributed by atoms with Gasteiger partial charge in [0.15, 0.2) is 0 Å². The van der Waals surface area contributed by atoms with Gasteiger partial charge in [-0.3, -0.25) is 0 Å². The van der Waals surface area contributed by atoms with Crippen LogP contribution in [-0.4, -0.2) is 6.04 Å². The van der Waals surface area contributed by atoms with Crippen LogP contribution in [0.5, 0.6) is 0 Å². The molecule has 76 valence electrons. The second kappa shape index (κ2) is 3.28. The van der Waals surface area contributed by atoms with Crippen molar-refractivity contribution in [3.05, 3.63) is 28.8 Å². The number of benzene rings is 1. The molecular formula is C12H18N2. The third-order valence-electron chi connectivity index (χ3n) is 2.91. The summed E-state index contributed by atoms with van der Waals surface area (Å²) in [5, 5.41) is 3.49. The lowest BCUT2D eigenvalue weighted by Crippen LogP contribution is -2.30. The Morgan fingerprint density at radius 2 is 2.07 bits per heavy atom. The van der Waals surface area contributed by atoms with Gasteiger partial charge in [-0.15, -0.1) is 0 Å². The van der Waals surface area contributed by atoms with Crippen LogP contribution >= 0.6 is 0 Å². The summed E-state index contributed by atoms with van der Waals surface area (Å²) in [5.74, 6) is 0. The van der Waals surface area contributed by atoms with Crippen LogP contribution in [0.25, 0.3) is 0 Å². The van der Waals surface area contributed by atoms with Crippen molar-refractivity contribution in [2.75, 3.05) is 5.32 Å². The molecule has 2 unspecified atom stereocenters.